The van der Waals surface area contributed by atoms with Crippen molar-refractivity contribution in [2.24, 2.45) is 5.92 Å². The van der Waals surface area contributed by atoms with Crippen molar-refractivity contribution in [3.8, 4) is 0 Å². The molecule has 1 aromatic heterocycles. The summed E-state index contributed by atoms with van der Waals surface area (Å²) in [5.41, 5.74) is 1.44. The standard InChI is InChI=1S/C17H23NOS/c1-12-15-7-3-4-8-16(15)20-17(12)13(2)18-10-14-6-5-9-19-11-14/h3-4,7-8,13-14,18H,5-6,9-11H2,1-2H3. The molecule has 3 rings (SSSR count). The summed E-state index contributed by atoms with van der Waals surface area (Å²) in [6.45, 7) is 7.46. The molecule has 0 amide bonds. The van der Waals surface area contributed by atoms with Gasteiger partial charge < -0.3 is 10.1 Å². The molecule has 1 aromatic carbocycles. The Morgan fingerprint density at radius 2 is 2.25 bits per heavy atom. The minimum Gasteiger partial charge on any atom is -0.381 e. The van der Waals surface area contributed by atoms with E-state index in [1.165, 1.54) is 33.4 Å². The molecule has 0 bridgehead atoms. The maximum atomic E-state index is 5.55. The molecule has 1 N–H and O–H groups in total. The molecule has 1 aliphatic heterocycles. The molecule has 0 radical (unpaired) electrons. The first kappa shape index (κ1) is 14.1. The van der Waals surface area contributed by atoms with Gasteiger partial charge in [-0.25, -0.2) is 0 Å². The second-order valence-electron chi connectivity index (χ2n) is 5.80. The average Bonchev–Trinajstić information content (AvgIpc) is 2.84. The lowest BCUT2D eigenvalue weighted by Crippen LogP contribution is -2.30. The molecule has 0 aliphatic carbocycles. The topological polar surface area (TPSA) is 21.3 Å². The fourth-order valence-electron chi connectivity index (χ4n) is 3.01. The van der Waals surface area contributed by atoms with Crippen LogP contribution in [-0.2, 0) is 4.74 Å². The maximum Gasteiger partial charge on any atom is 0.0506 e. The van der Waals surface area contributed by atoms with Crippen molar-refractivity contribution in [3.63, 3.8) is 0 Å². The van der Waals surface area contributed by atoms with Crippen LogP contribution in [0.5, 0.6) is 0 Å². The largest absolute Gasteiger partial charge is 0.381 e. The van der Waals surface area contributed by atoms with E-state index in [1.807, 2.05) is 11.3 Å². The number of rotatable bonds is 4. The highest BCUT2D eigenvalue weighted by atomic mass is 32.1. The van der Waals surface area contributed by atoms with Gasteiger partial charge in [-0.05, 0) is 49.6 Å². The van der Waals surface area contributed by atoms with E-state index in [2.05, 4.69) is 43.4 Å². The Morgan fingerprint density at radius 3 is 3.00 bits per heavy atom. The van der Waals surface area contributed by atoms with Gasteiger partial charge in [0.25, 0.3) is 0 Å². The minimum atomic E-state index is 0.425. The molecule has 2 atom stereocenters. The van der Waals surface area contributed by atoms with Gasteiger partial charge in [0.2, 0.25) is 0 Å². The highest BCUT2D eigenvalue weighted by Crippen LogP contribution is 2.34. The van der Waals surface area contributed by atoms with Crippen molar-refractivity contribution in [3.05, 3.63) is 34.7 Å². The van der Waals surface area contributed by atoms with Crippen LogP contribution >= 0.6 is 11.3 Å². The van der Waals surface area contributed by atoms with Crippen LogP contribution in [0, 0.1) is 12.8 Å². The number of thiophene rings is 1. The molecule has 1 aliphatic rings. The number of aryl methyl sites for hydroxylation is 1. The summed E-state index contributed by atoms with van der Waals surface area (Å²) < 4.78 is 6.95. The van der Waals surface area contributed by atoms with Crippen molar-refractivity contribution in [2.75, 3.05) is 19.8 Å². The van der Waals surface area contributed by atoms with Crippen LogP contribution in [0.4, 0.5) is 0 Å². The molecule has 1 saturated heterocycles. The van der Waals surface area contributed by atoms with E-state index in [0.29, 0.717) is 12.0 Å². The van der Waals surface area contributed by atoms with E-state index < -0.39 is 0 Å². The normalized spacial score (nSPS) is 21.2. The van der Waals surface area contributed by atoms with Gasteiger partial charge in [0, 0.05) is 28.8 Å². The zero-order valence-corrected chi connectivity index (χ0v) is 13.1. The van der Waals surface area contributed by atoms with Gasteiger partial charge in [-0.3, -0.25) is 0 Å². The number of ether oxygens (including phenoxy) is 1. The highest BCUT2D eigenvalue weighted by Gasteiger charge is 2.17. The van der Waals surface area contributed by atoms with Crippen LogP contribution in [-0.4, -0.2) is 19.8 Å². The molecule has 0 spiro atoms. The molecular weight excluding hydrogens is 266 g/mol. The third-order valence-electron chi connectivity index (χ3n) is 4.24. The molecule has 2 heterocycles. The summed E-state index contributed by atoms with van der Waals surface area (Å²) in [5, 5.41) is 5.11. The number of benzene rings is 1. The summed E-state index contributed by atoms with van der Waals surface area (Å²) in [6, 6.07) is 9.13. The second kappa shape index (κ2) is 6.25. The Labute approximate surface area is 125 Å². The Morgan fingerprint density at radius 1 is 1.40 bits per heavy atom. The summed E-state index contributed by atoms with van der Waals surface area (Å²) >= 11 is 1.92. The predicted octanol–water partition coefficient (Wildman–Crippen LogP) is 4.29. The predicted molar refractivity (Wildman–Crippen MR) is 86.5 cm³/mol. The molecule has 2 nitrogen and oxygen atoms in total. The third-order valence-corrected chi connectivity index (χ3v) is 5.70. The molecule has 2 aromatic rings. The van der Waals surface area contributed by atoms with E-state index in [4.69, 9.17) is 4.74 Å². The lowest BCUT2D eigenvalue weighted by atomic mass is 10.0. The third kappa shape index (κ3) is 2.90. The second-order valence-corrected chi connectivity index (χ2v) is 6.88. The van der Waals surface area contributed by atoms with Crippen LogP contribution < -0.4 is 5.32 Å². The van der Waals surface area contributed by atoms with E-state index in [9.17, 15) is 0 Å². The fourth-order valence-corrected chi connectivity index (χ4v) is 4.25. The summed E-state index contributed by atoms with van der Waals surface area (Å²) in [4.78, 5) is 1.47. The van der Waals surface area contributed by atoms with Crippen LogP contribution in [0.15, 0.2) is 24.3 Å². The number of hydrogen-bond donors (Lipinski definition) is 1. The number of nitrogens with one attached hydrogen (secondary N) is 1. The lowest BCUT2D eigenvalue weighted by Gasteiger charge is -2.24. The highest BCUT2D eigenvalue weighted by molar-refractivity contribution is 7.19. The Balaban J connectivity index is 1.68. The van der Waals surface area contributed by atoms with Gasteiger partial charge in [0.1, 0.15) is 0 Å². The molecule has 2 unspecified atom stereocenters. The van der Waals surface area contributed by atoms with Crippen LogP contribution in [0.2, 0.25) is 0 Å². The van der Waals surface area contributed by atoms with Crippen LogP contribution in [0.3, 0.4) is 0 Å². The Hall–Kier alpha value is -0.900. The molecule has 3 heteroatoms. The monoisotopic (exact) mass is 289 g/mol. The van der Waals surface area contributed by atoms with Gasteiger partial charge in [-0.2, -0.15) is 0 Å². The van der Waals surface area contributed by atoms with E-state index in [-0.39, 0.29) is 0 Å². The first-order valence-electron chi connectivity index (χ1n) is 7.55. The SMILES string of the molecule is Cc1c(C(C)NCC2CCCOC2)sc2ccccc12. The minimum absolute atomic E-state index is 0.425. The number of hydrogen-bond acceptors (Lipinski definition) is 3. The van der Waals surface area contributed by atoms with Gasteiger partial charge in [0.15, 0.2) is 0 Å². The molecule has 20 heavy (non-hydrogen) atoms. The average molecular weight is 289 g/mol. The summed E-state index contributed by atoms with van der Waals surface area (Å²) in [5.74, 6) is 0.681. The first-order valence-corrected chi connectivity index (χ1v) is 8.36. The molecule has 108 valence electrons. The van der Waals surface area contributed by atoms with Gasteiger partial charge >= 0.3 is 0 Å². The van der Waals surface area contributed by atoms with Crippen molar-refractivity contribution < 1.29 is 4.74 Å². The summed E-state index contributed by atoms with van der Waals surface area (Å²) in [6.07, 6.45) is 2.51. The van der Waals surface area contributed by atoms with E-state index in [0.717, 1.165) is 19.8 Å². The van der Waals surface area contributed by atoms with Crippen molar-refractivity contribution in [1.29, 1.82) is 0 Å². The molecule has 1 fully saturated rings. The quantitative estimate of drug-likeness (QED) is 0.906. The smallest absolute Gasteiger partial charge is 0.0506 e. The number of fused-ring (bicyclic) bond motifs is 1. The fraction of sp³-hybridized carbons (Fsp3) is 0.529. The Bertz CT molecular complexity index is 571. The van der Waals surface area contributed by atoms with Crippen molar-refractivity contribution in [2.45, 2.75) is 32.7 Å². The van der Waals surface area contributed by atoms with Crippen LogP contribution in [0.25, 0.3) is 10.1 Å². The summed E-state index contributed by atoms with van der Waals surface area (Å²) in [7, 11) is 0. The van der Waals surface area contributed by atoms with Gasteiger partial charge in [-0.15, -0.1) is 11.3 Å². The lowest BCUT2D eigenvalue weighted by molar-refractivity contribution is 0.0540. The van der Waals surface area contributed by atoms with Crippen molar-refractivity contribution in [1.82, 2.24) is 5.32 Å². The zero-order chi connectivity index (χ0) is 13.9. The van der Waals surface area contributed by atoms with E-state index in [1.54, 1.807) is 0 Å². The molecule has 0 saturated carbocycles. The van der Waals surface area contributed by atoms with E-state index >= 15 is 0 Å². The van der Waals surface area contributed by atoms with Gasteiger partial charge in [0.05, 0.1) is 6.61 Å². The van der Waals surface area contributed by atoms with Crippen molar-refractivity contribution >= 4 is 21.4 Å². The maximum absolute atomic E-state index is 5.55. The van der Waals surface area contributed by atoms with Crippen LogP contribution in [0.1, 0.15) is 36.2 Å². The molecular formula is C17H23NOS. The zero-order valence-electron chi connectivity index (χ0n) is 12.3. The Kier molecular flexibility index (Phi) is 4.39. The van der Waals surface area contributed by atoms with Gasteiger partial charge in [-0.1, -0.05) is 18.2 Å². The first-order chi connectivity index (χ1) is 9.75.